The van der Waals surface area contributed by atoms with Gasteiger partial charge in [0.2, 0.25) is 0 Å². The van der Waals surface area contributed by atoms with Crippen molar-refractivity contribution in [1.29, 1.82) is 0 Å². The van der Waals surface area contributed by atoms with E-state index in [9.17, 15) is 0 Å². The zero-order valence-electron chi connectivity index (χ0n) is 15.9. The summed E-state index contributed by atoms with van der Waals surface area (Å²) >= 11 is 0. The van der Waals surface area contributed by atoms with Crippen molar-refractivity contribution in [2.45, 2.75) is 20.8 Å². The van der Waals surface area contributed by atoms with Crippen molar-refractivity contribution in [3.8, 4) is 0 Å². The van der Waals surface area contributed by atoms with E-state index in [-0.39, 0.29) is 0 Å². The van der Waals surface area contributed by atoms with Crippen molar-refractivity contribution in [1.82, 2.24) is 0 Å². The smallest absolute Gasteiger partial charge is 0.00110 e. The SMILES string of the molecule is Cc1ccc2c(c1)c1c(C)c(C)cc3c4ccccc4c4cccc2c4c31. The van der Waals surface area contributed by atoms with Crippen LogP contribution >= 0.6 is 0 Å². The standard InChI is InChI=1S/C27H20/c1-15-11-12-20-22-10-6-9-21-18-7-4-5-8-19(18)24-14-16(2)17(3)25(23(20)13-15)27(24)26(21)22/h4-14H,1-3H3. The molecule has 0 fully saturated rings. The van der Waals surface area contributed by atoms with Gasteiger partial charge in [0.15, 0.2) is 0 Å². The Kier molecular flexibility index (Phi) is 2.77. The first kappa shape index (κ1) is 15.0. The van der Waals surface area contributed by atoms with E-state index < -0.39 is 0 Å². The molecule has 0 heteroatoms. The molecule has 0 nitrogen and oxygen atoms in total. The molecular weight excluding hydrogens is 324 g/mol. The van der Waals surface area contributed by atoms with Crippen molar-refractivity contribution >= 4 is 53.9 Å². The van der Waals surface area contributed by atoms with E-state index in [4.69, 9.17) is 0 Å². The summed E-state index contributed by atoms with van der Waals surface area (Å²) in [6.07, 6.45) is 0. The molecule has 0 aromatic heterocycles. The lowest BCUT2D eigenvalue weighted by atomic mass is 9.83. The predicted octanol–water partition coefficient (Wildman–Crippen LogP) is 7.82. The van der Waals surface area contributed by atoms with Crippen LogP contribution in [0.3, 0.4) is 0 Å². The van der Waals surface area contributed by atoms with Gasteiger partial charge in [-0.15, -0.1) is 0 Å². The summed E-state index contributed by atoms with van der Waals surface area (Å²) in [5, 5.41) is 13.9. The maximum atomic E-state index is 2.40. The van der Waals surface area contributed by atoms with E-state index in [1.54, 1.807) is 0 Å². The minimum Gasteiger partial charge on any atom is -0.0616 e. The summed E-state index contributed by atoms with van der Waals surface area (Å²) in [4.78, 5) is 0. The van der Waals surface area contributed by atoms with Crippen molar-refractivity contribution in [3.05, 3.63) is 83.4 Å². The minimum absolute atomic E-state index is 1.32. The molecule has 128 valence electrons. The Hall–Kier alpha value is -3.12. The summed E-state index contributed by atoms with van der Waals surface area (Å²) in [5.41, 5.74) is 4.09. The van der Waals surface area contributed by atoms with Gasteiger partial charge >= 0.3 is 0 Å². The van der Waals surface area contributed by atoms with Crippen molar-refractivity contribution in [3.63, 3.8) is 0 Å². The zero-order chi connectivity index (χ0) is 18.3. The normalized spacial score (nSPS) is 12.3. The van der Waals surface area contributed by atoms with Gasteiger partial charge in [0, 0.05) is 0 Å². The van der Waals surface area contributed by atoms with E-state index in [0.717, 1.165) is 0 Å². The number of hydrogen-bond acceptors (Lipinski definition) is 0. The first-order valence-electron chi connectivity index (χ1n) is 9.64. The van der Waals surface area contributed by atoms with E-state index in [0.29, 0.717) is 0 Å². The first-order valence-corrected chi connectivity index (χ1v) is 9.64. The fourth-order valence-corrected chi connectivity index (χ4v) is 5.05. The molecule has 6 aromatic carbocycles. The molecule has 6 aromatic rings. The number of hydrogen-bond donors (Lipinski definition) is 0. The summed E-state index contributed by atoms with van der Waals surface area (Å²) in [6, 6.07) is 25.0. The monoisotopic (exact) mass is 344 g/mol. The quantitative estimate of drug-likeness (QED) is 0.195. The van der Waals surface area contributed by atoms with Crippen molar-refractivity contribution in [2.24, 2.45) is 0 Å². The molecule has 0 amide bonds. The molecule has 0 atom stereocenters. The van der Waals surface area contributed by atoms with Gasteiger partial charge in [-0.1, -0.05) is 72.3 Å². The predicted molar refractivity (Wildman–Crippen MR) is 119 cm³/mol. The maximum Gasteiger partial charge on any atom is -0.00110 e. The molecule has 0 saturated heterocycles. The second-order valence-electron chi connectivity index (χ2n) is 7.94. The molecule has 27 heavy (non-hydrogen) atoms. The third kappa shape index (κ3) is 1.78. The number of aryl methyl sites for hydroxylation is 3. The van der Waals surface area contributed by atoms with Gasteiger partial charge < -0.3 is 0 Å². The highest BCUT2D eigenvalue weighted by Crippen LogP contribution is 2.46. The van der Waals surface area contributed by atoms with Gasteiger partial charge in [0.05, 0.1) is 0 Å². The Morgan fingerprint density at radius 2 is 1.04 bits per heavy atom. The highest BCUT2D eigenvalue weighted by molar-refractivity contribution is 6.40. The largest absolute Gasteiger partial charge is 0.0616 e. The summed E-state index contributed by atoms with van der Waals surface area (Å²) in [7, 11) is 0. The molecule has 0 aliphatic heterocycles. The van der Waals surface area contributed by atoms with Crippen LogP contribution in [-0.4, -0.2) is 0 Å². The van der Waals surface area contributed by atoms with Gasteiger partial charge in [-0.25, -0.2) is 0 Å². The molecule has 0 saturated carbocycles. The van der Waals surface area contributed by atoms with Gasteiger partial charge in [-0.2, -0.15) is 0 Å². The maximum absolute atomic E-state index is 2.40. The Balaban J connectivity index is 2.15. The lowest BCUT2D eigenvalue weighted by Crippen LogP contribution is -1.93. The summed E-state index contributed by atoms with van der Waals surface area (Å²) in [5.74, 6) is 0. The zero-order valence-corrected chi connectivity index (χ0v) is 15.9. The third-order valence-electron chi connectivity index (χ3n) is 6.40. The molecule has 0 aliphatic rings. The van der Waals surface area contributed by atoms with Crippen LogP contribution in [0.15, 0.2) is 66.7 Å². The van der Waals surface area contributed by atoms with E-state index in [2.05, 4.69) is 87.5 Å². The molecule has 0 unspecified atom stereocenters. The molecule has 0 bridgehead atoms. The second kappa shape index (κ2) is 4.98. The highest BCUT2D eigenvalue weighted by Gasteiger charge is 2.18. The van der Waals surface area contributed by atoms with Crippen LogP contribution in [-0.2, 0) is 0 Å². The minimum atomic E-state index is 1.32. The average Bonchev–Trinajstić information content (AvgIpc) is 2.69. The molecule has 0 heterocycles. The number of benzene rings is 6. The summed E-state index contributed by atoms with van der Waals surface area (Å²) in [6.45, 7) is 6.73. The Morgan fingerprint density at radius 3 is 1.78 bits per heavy atom. The van der Waals surface area contributed by atoms with E-state index in [1.807, 2.05) is 0 Å². The first-order chi connectivity index (χ1) is 13.1. The Bertz CT molecular complexity index is 1530. The van der Waals surface area contributed by atoms with Crippen LogP contribution in [0.25, 0.3) is 53.9 Å². The fraction of sp³-hybridized carbons (Fsp3) is 0.111. The topological polar surface area (TPSA) is 0 Å². The number of fused-ring (bicyclic) bond motifs is 6. The van der Waals surface area contributed by atoms with Crippen LogP contribution in [0.2, 0.25) is 0 Å². The summed E-state index contributed by atoms with van der Waals surface area (Å²) < 4.78 is 0. The van der Waals surface area contributed by atoms with Crippen LogP contribution in [0.1, 0.15) is 16.7 Å². The van der Waals surface area contributed by atoms with Crippen LogP contribution < -0.4 is 0 Å². The second-order valence-corrected chi connectivity index (χ2v) is 7.94. The average molecular weight is 344 g/mol. The van der Waals surface area contributed by atoms with Crippen molar-refractivity contribution < 1.29 is 0 Å². The van der Waals surface area contributed by atoms with E-state index in [1.165, 1.54) is 70.6 Å². The Morgan fingerprint density at radius 1 is 0.444 bits per heavy atom. The van der Waals surface area contributed by atoms with Crippen LogP contribution in [0, 0.1) is 20.8 Å². The Labute approximate surface area is 158 Å². The van der Waals surface area contributed by atoms with Crippen LogP contribution in [0.4, 0.5) is 0 Å². The highest BCUT2D eigenvalue weighted by atomic mass is 14.2. The van der Waals surface area contributed by atoms with Gasteiger partial charge in [0.25, 0.3) is 0 Å². The third-order valence-corrected chi connectivity index (χ3v) is 6.40. The molecule has 0 aliphatic carbocycles. The van der Waals surface area contributed by atoms with Gasteiger partial charge in [0.1, 0.15) is 0 Å². The molecule has 0 spiro atoms. The lowest BCUT2D eigenvalue weighted by Gasteiger charge is -2.20. The van der Waals surface area contributed by atoms with Gasteiger partial charge in [-0.05, 0) is 85.8 Å². The molecule has 6 rings (SSSR count). The molecule has 0 N–H and O–H groups in total. The lowest BCUT2D eigenvalue weighted by molar-refractivity contribution is 1.40. The number of rotatable bonds is 0. The van der Waals surface area contributed by atoms with Crippen molar-refractivity contribution in [2.75, 3.05) is 0 Å². The fourth-order valence-electron chi connectivity index (χ4n) is 5.05. The molecule has 0 radical (unpaired) electrons. The molecular formula is C27H20. The van der Waals surface area contributed by atoms with Gasteiger partial charge in [-0.3, -0.25) is 0 Å². The van der Waals surface area contributed by atoms with Crippen LogP contribution in [0.5, 0.6) is 0 Å². The van der Waals surface area contributed by atoms with E-state index >= 15 is 0 Å².